The first-order valence-corrected chi connectivity index (χ1v) is 15.9. The van der Waals surface area contributed by atoms with Crippen LogP contribution in [0.25, 0.3) is 0 Å². The summed E-state index contributed by atoms with van der Waals surface area (Å²) in [5.41, 5.74) is 4.62. The van der Waals surface area contributed by atoms with Crippen LogP contribution >= 0.6 is 0 Å². The van der Waals surface area contributed by atoms with Crippen LogP contribution in [0.3, 0.4) is 0 Å². The fraction of sp³-hybridized carbons (Fsp3) is 0.244. The number of amides is 2. The summed E-state index contributed by atoms with van der Waals surface area (Å²) in [6.45, 7) is 8.50. The van der Waals surface area contributed by atoms with E-state index in [0.29, 0.717) is 6.61 Å². The van der Waals surface area contributed by atoms with Gasteiger partial charge in [-0.15, -0.1) is 0 Å². The second-order valence-electron chi connectivity index (χ2n) is 12.6. The highest BCUT2D eigenvalue weighted by Gasteiger charge is 2.59. The Kier molecular flexibility index (Phi) is 8.59. The molecule has 1 aliphatic heterocycles. The standard InChI is InChI=1S/C41H40N2O3/c1-29-26-37(27-30(2)42-29)46-25-24-32-20-22-33(23-21-32)31(3)40(4)28-38(44)43(39(40)45)41(34-14-8-5-9-15-34,35-16-10-6-11-17-35)36-18-12-7-13-19-36/h5-23,26-27,31H,24-25,28H2,1-4H3/t31-,40+/m1/s1. The highest BCUT2D eigenvalue weighted by Crippen LogP contribution is 2.52. The third-order valence-corrected chi connectivity index (χ3v) is 9.52. The van der Waals surface area contributed by atoms with Crippen LogP contribution in [0.15, 0.2) is 127 Å². The number of pyridine rings is 1. The number of carbonyl (C=O) groups is 2. The van der Waals surface area contributed by atoms with Gasteiger partial charge in [-0.05, 0) is 54.5 Å². The van der Waals surface area contributed by atoms with Crippen molar-refractivity contribution in [3.05, 3.63) is 167 Å². The van der Waals surface area contributed by atoms with Crippen molar-refractivity contribution < 1.29 is 14.3 Å². The summed E-state index contributed by atoms with van der Waals surface area (Å²) in [5, 5.41) is 0. The Morgan fingerprint density at radius 3 is 1.72 bits per heavy atom. The zero-order chi connectivity index (χ0) is 32.3. The Hall–Kier alpha value is -5.03. The number of aryl methyl sites for hydroxylation is 2. The highest BCUT2D eigenvalue weighted by molar-refractivity contribution is 6.08. The number of aromatic nitrogens is 1. The Labute approximate surface area is 271 Å². The summed E-state index contributed by atoms with van der Waals surface area (Å²) in [5.74, 6) is 0.296. The van der Waals surface area contributed by atoms with Gasteiger partial charge in [-0.1, -0.05) is 122 Å². The monoisotopic (exact) mass is 608 g/mol. The summed E-state index contributed by atoms with van der Waals surface area (Å²) in [7, 11) is 0. The third kappa shape index (κ3) is 5.62. The van der Waals surface area contributed by atoms with Gasteiger partial charge in [-0.25, -0.2) is 0 Å². The maximum Gasteiger partial charge on any atom is 0.237 e. The Balaban J connectivity index is 1.31. The van der Waals surface area contributed by atoms with Gasteiger partial charge in [0.15, 0.2) is 0 Å². The molecule has 1 aromatic heterocycles. The number of likely N-dealkylation sites (tertiary alicyclic amines) is 1. The van der Waals surface area contributed by atoms with Gasteiger partial charge in [0.2, 0.25) is 11.8 Å². The SMILES string of the molecule is Cc1cc(OCCc2ccc([C@@H](C)[C@]3(C)CC(=O)N(C(c4ccccc4)(c4ccccc4)c4ccccc4)C3=O)cc2)cc(C)n1. The molecule has 232 valence electrons. The number of nitrogens with zero attached hydrogens (tertiary/aromatic N) is 2. The second kappa shape index (κ2) is 12.8. The molecule has 5 aromatic rings. The number of benzene rings is 4. The Morgan fingerprint density at radius 1 is 0.761 bits per heavy atom. The third-order valence-electron chi connectivity index (χ3n) is 9.52. The molecule has 4 aromatic carbocycles. The molecule has 0 aliphatic carbocycles. The molecule has 1 aliphatic rings. The zero-order valence-corrected chi connectivity index (χ0v) is 26.9. The number of hydrogen-bond acceptors (Lipinski definition) is 4. The van der Waals surface area contributed by atoms with Crippen LogP contribution in [0.4, 0.5) is 0 Å². The van der Waals surface area contributed by atoms with Gasteiger partial charge in [-0.2, -0.15) is 0 Å². The van der Waals surface area contributed by atoms with Gasteiger partial charge in [0.25, 0.3) is 0 Å². The van der Waals surface area contributed by atoms with E-state index in [9.17, 15) is 9.59 Å². The first-order valence-electron chi connectivity index (χ1n) is 15.9. The molecule has 0 spiro atoms. The van der Waals surface area contributed by atoms with E-state index in [4.69, 9.17) is 4.74 Å². The number of rotatable bonds is 10. The molecule has 5 heteroatoms. The summed E-state index contributed by atoms with van der Waals surface area (Å²) < 4.78 is 6.00. The lowest BCUT2D eigenvalue weighted by atomic mass is 9.72. The molecule has 1 saturated heterocycles. The van der Waals surface area contributed by atoms with Crippen LogP contribution in [0.1, 0.15) is 65.4 Å². The highest BCUT2D eigenvalue weighted by atomic mass is 16.5. The van der Waals surface area contributed by atoms with Crippen LogP contribution in [0.2, 0.25) is 0 Å². The Morgan fingerprint density at radius 2 is 1.24 bits per heavy atom. The smallest absolute Gasteiger partial charge is 0.237 e. The first-order chi connectivity index (χ1) is 22.2. The van der Waals surface area contributed by atoms with E-state index < -0.39 is 11.0 Å². The minimum atomic E-state index is -1.12. The van der Waals surface area contributed by atoms with E-state index in [-0.39, 0.29) is 24.2 Å². The molecular weight excluding hydrogens is 568 g/mol. The largest absolute Gasteiger partial charge is 0.493 e. The summed E-state index contributed by atoms with van der Waals surface area (Å²) in [6, 6.07) is 42.0. The lowest BCUT2D eigenvalue weighted by Crippen LogP contribution is -2.52. The van der Waals surface area contributed by atoms with Crippen LogP contribution in [0, 0.1) is 19.3 Å². The number of hydrogen-bond donors (Lipinski definition) is 0. The Bertz CT molecular complexity index is 1700. The van der Waals surface area contributed by atoms with Gasteiger partial charge in [0.1, 0.15) is 11.3 Å². The zero-order valence-electron chi connectivity index (χ0n) is 26.9. The van der Waals surface area contributed by atoms with E-state index in [1.54, 1.807) is 4.90 Å². The molecule has 0 saturated carbocycles. The van der Waals surface area contributed by atoms with E-state index >= 15 is 0 Å². The van der Waals surface area contributed by atoms with E-state index in [1.807, 2.05) is 124 Å². The van der Waals surface area contributed by atoms with Crippen LogP contribution in [-0.2, 0) is 21.5 Å². The van der Waals surface area contributed by atoms with Crippen molar-refractivity contribution in [2.75, 3.05) is 6.61 Å². The average molecular weight is 609 g/mol. The number of imide groups is 1. The minimum Gasteiger partial charge on any atom is -0.493 e. The van der Waals surface area contributed by atoms with Crippen molar-refractivity contribution >= 4 is 11.8 Å². The van der Waals surface area contributed by atoms with Crippen molar-refractivity contribution in [2.45, 2.75) is 52.0 Å². The lowest BCUT2D eigenvalue weighted by molar-refractivity contribution is -0.146. The second-order valence-corrected chi connectivity index (χ2v) is 12.6. The summed E-state index contributed by atoms with van der Waals surface area (Å²) in [6.07, 6.45) is 0.882. The summed E-state index contributed by atoms with van der Waals surface area (Å²) >= 11 is 0. The van der Waals surface area contributed by atoms with Crippen LogP contribution in [0.5, 0.6) is 5.75 Å². The van der Waals surface area contributed by atoms with Crippen molar-refractivity contribution in [1.29, 1.82) is 0 Å². The maximum atomic E-state index is 14.9. The molecule has 46 heavy (non-hydrogen) atoms. The van der Waals surface area contributed by atoms with Gasteiger partial charge in [0.05, 0.1) is 12.0 Å². The van der Waals surface area contributed by atoms with E-state index in [0.717, 1.165) is 51.4 Å². The topological polar surface area (TPSA) is 59.5 Å². The number of carbonyl (C=O) groups excluding carboxylic acids is 2. The maximum absolute atomic E-state index is 14.9. The van der Waals surface area contributed by atoms with Gasteiger partial charge in [-0.3, -0.25) is 19.5 Å². The molecule has 0 radical (unpaired) electrons. The van der Waals surface area contributed by atoms with Gasteiger partial charge >= 0.3 is 0 Å². The molecular formula is C41H40N2O3. The van der Waals surface area contributed by atoms with Crippen LogP contribution < -0.4 is 4.74 Å². The quantitative estimate of drug-likeness (QED) is 0.119. The lowest BCUT2D eigenvalue weighted by Gasteiger charge is -2.43. The van der Waals surface area contributed by atoms with Gasteiger partial charge < -0.3 is 4.74 Å². The molecule has 2 heterocycles. The van der Waals surface area contributed by atoms with Crippen molar-refractivity contribution in [3.63, 3.8) is 0 Å². The van der Waals surface area contributed by atoms with E-state index in [2.05, 4.69) is 36.2 Å². The minimum absolute atomic E-state index is 0.127. The van der Waals surface area contributed by atoms with Crippen molar-refractivity contribution in [1.82, 2.24) is 9.88 Å². The first kappa shape index (κ1) is 31.0. The van der Waals surface area contributed by atoms with E-state index in [1.165, 1.54) is 0 Å². The fourth-order valence-electron chi connectivity index (χ4n) is 6.95. The molecule has 5 nitrogen and oxygen atoms in total. The molecule has 0 unspecified atom stereocenters. The average Bonchev–Trinajstić information content (AvgIpc) is 3.31. The van der Waals surface area contributed by atoms with Crippen molar-refractivity contribution in [3.8, 4) is 5.75 Å². The molecule has 1 fully saturated rings. The number of ether oxygens (including phenoxy) is 1. The predicted molar refractivity (Wildman–Crippen MR) is 182 cm³/mol. The normalized spacial score (nSPS) is 17.3. The molecule has 6 rings (SSSR count). The van der Waals surface area contributed by atoms with Crippen molar-refractivity contribution in [2.24, 2.45) is 5.41 Å². The van der Waals surface area contributed by atoms with Crippen LogP contribution in [-0.4, -0.2) is 28.3 Å². The molecule has 0 bridgehead atoms. The molecule has 0 N–H and O–H groups in total. The molecule has 2 atom stereocenters. The predicted octanol–water partition coefficient (Wildman–Crippen LogP) is 8.18. The molecule has 2 amide bonds. The van der Waals surface area contributed by atoms with Gasteiger partial charge in [0, 0.05) is 36.4 Å². The fourth-order valence-corrected chi connectivity index (χ4v) is 6.95. The summed E-state index contributed by atoms with van der Waals surface area (Å²) in [4.78, 5) is 35.2.